The summed E-state index contributed by atoms with van der Waals surface area (Å²) in [6.07, 6.45) is 2.21. The molecule has 0 aliphatic heterocycles. The van der Waals surface area contributed by atoms with Gasteiger partial charge in [-0.25, -0.2) is 4.98 Å². The Labute approximate surface area is 110 Å². The number of nitrogens with one attached hydrogen (secondary N) is 1. The molecule has 3 heterocycles. The van der Waals surface area contributed by atoms with E-state index in [4.69, 9.17) is 4.98 Å². The van der Waals surface area contributed by atoms with E-state index in [9.17, 15) is 0 Å². The van der Waals surface area contributed by atoms with Crippen molar-refractivity contribution in [3.8, 4) is 0 Å². The van der Waals surface area contributed by atoms with Crippen LogP contribution in [-0.2, 0) is 6.42 Å². The molecule has 0 saturated carbocycles. The number of H-pyrrole nitrogens is 1. The number of para-hydroxylation sites is 1. The Morgan fingerprint density at radius 1 is 1.11 bits per heavy atom. The minimum atomic E-state index is 1.03. The predicted molar refractivity (Wildman–Crippen MR) is 78.5 cm³/mol. The smallest absolute Gasteiger partial charge is 0.143 e. The molecule has 4 rings (SSSR count). The second-order valence-corrected chi connectivity index (χ2v) is 4.94. The summed E-state index contributed by atoms with van der Waals surface area (Å²) < 4.78 is 2.25. The molecule has 0 bridgehead atoms. The van der Waals surface area contributed by atoms with Crippen molar-refractivity contribution >= 4 is 27.7 Å². The molecule has 0 unspecified atom stereocenters. The first-order chi connectivity index (χ1) is 9.38. The van der Waals surface area contributed by atoms with Gasteiger partial charge in [0.1, 0.15) is 16.8 Å². The molecule has 94 valence electrons. The van der Waals surface area contributed by atoms with Crippen LogP contribution in [0.2, 0.25) is 0 Å². The average molecular weight is 249 g/mol. The predicted octanol–water partition coefficient (Wildman–Crippen LogP) is 3.92. The van der Waals surface area contributed by atoms with E-state index < -0.39 is 0 Å². The third-order valence-corrected chi connectivity index (χ3v) is 3.67. The second-order valence-electron chi connectivity index (χ2n) is 4.94. The van der Waals surface area contributed by atoms with Gasteiger partial charge in [0, 0.05) is 16.6 Å². The maximum absolute atomic E-state index is 4.78. The van der Waals surface area contributed by atoms with Gasteiger partial charge >= 0.3 is 0 Å². The molecule has 0 amide bonds. The molecular weight excluding hydrogens is 234 g/mol. The number of aryl methyl sites for hydroxylation is 1. The Morgan fingerprint density at radius 2 is 2.00 bits per heavy atom. The Kier molecular flexibility index (Phi) is 2.15. The van der Waals surface area contributed by atoms with Crippen LogP contribution < -0.4 is 0 Å². The number of aromatic amines is 1. The molecule has 0 radical (unpaired) electrons. The highest BCUT2D eigenvalue weighted by Crippen LogP contribution is 2.26. The fraction of sp³-hybridized carbons (Fsp3) is 0.188. The molecule has 1 N–H and O–H groups in total. The van der Waals surface area contributed by atoms with Gasteiger partial charge < -0.3 is 4.98 Å². The Morgan fingerprint density at radius 3 is 2.89 bits per heavy atom. The van der Waals surface area contributed by atoms with Crippen molar-refractivity contribution in [2.75, 3.05) is 0 Å². The summed E-state index contributed by atoms with van der Waals surface area (Å²) in [5.74, 6) is 0. The number of pyridine rings is 1. The summed E-state index contributed by atoms with van der Waals surface area (Å²) in [6.45, 7) is 2.21. The summed E-state index contributed by atoms with van der Waals surface area (Å²) in [4.78, 5) is 8.28. The van der Waals surface area contributed by atoms with Crippen LogP contribution in [0.1, 0.15) is 19.0 Å². The zero-order valence-corrected chi connectivity index (χ0v) is 10.9. The van der Waals surface area contributed by atoms with Crippen molar-refractivity contribution in [3.05, 3.63) is 48.2 Å². The molecule has 19 heavy (non-hydrogen) atoms. The lowest BCUT2D eigenvalue weighted by Crippen LogP contribution is -1.96. The van der Waals surface area contributed by atoms with Gasteiger partial charge in [0.15, 0.2) is 0 Å². The van der Waals surface area contributed by atoms with Gasteiger partial charge in [-0.2, -0.15) is 0 Å². The van der Waals surface area contributed by atoms with E-state index >= 15 is 0 Å². The van der Waals surface area contributed by atoms with E-state index in [0.717, 1.165) is 35.2 Å². The average Bonchev–Trinajstić information content (AvgIpc) is 2.95. The number of imidazole rings is 1. The van der Waals surface area contributed by atoms with Crippen LogP contribution in [0.3, 0.4) is 0 Å². The van der Waals surface area contributed by atoms with Gasteiger partial charge in [-0.1, -0.05) is 37.6 Å². The van der Waals surface area contributed by atoms with Crippen LogP contribution in [0.15, 0.2) is 42.5 Å². The lowest BCUT2D eigenvalue weighted by molar-refractivity contribution is 0.866. The molecule has 0 atom stereocenters. The number of hydrogen-bond donors (Lipinski definition) is 1. The third-order valence-electron chi connectivity index (χ3n) is 3.67. The molecule has 0 saturated heterocycles. The minimum Gasteiger partial charge on any atom is -0.339 e. The first-order valence-electron chi connectivity index (χ1n) is 6.75. The van der Waals surface area contributed by atoms with Crippen molar-refractivity contribution in [2.24, 2.45) is 0 Å². The van der Waals surface area contributed by atoms with E-state index in [1.54, 1.807) is 0 Å². The number of fused-ring (bicyclic) bond motifs is 5. The molecule has 0 fully saturated rings. The van der Waals surface area contributed by atoms with E-state index in [1.807, 2.05) is 0 Å². The van der Waals surface area contributed by atoms with Crippen molar-refractivity contribution in [1.29, 1.82) is 0 Å². The molecule has 3 heteroatoms. The lowest BCUT2D eigenvalue weighted by atomic mass is 10.2. The largest absolute Gasteiger partial charge is 0.339 e. The first kappa shape index (κ1) is 10.6. The molecule has 4 aromatic rings. The second kappa shape index (κ2) is 3.85. The van der Waals surface area contributed by atoms with Crippen LogP contribution in [0, 0.1) is 0 Å². The Balaban J connectivity index is 2.19. The zero-order valence-electron chi connectivity index (χ0n) is 10.9. The maximum atomic E-state index is 4.78. The molecule has 0 aliphatic rings. The fourth-order valence-corrected chi connectivity index (χ4v) is 2.84. The quantitative estimate of drug-likeness (QED) is 0.574. The van der Waals surface area contributed by atoms with Crippen LogP contribution in [-0.4, -0.2) is 14.4 Å². The maximum Gasteiger partial charge on any atom is 0.143 e. The molecule has 3 aromatic heterocycles. The Hall–Kier alpha value is -2.29. The van der Waals surface area contributed by atoms with Crippen molar-refractivity contribution in [3.63, 3.8) is 0 Å². The van der Waals surface area contributed by atoms with E-state index in [1.165, 1.54) is 11.1 Å². The molecule has 1 aromatic carbocycles. The normalized spacial score (nSPS) is 11.8. The lowest BCUT2D eigenvalue weighted by Gasteiger charge is -2.03. The molecule has 0 aliphatic carbocycles. The molecule has 0 spiro atoms. The first-order valence-corrected chi connectivity index (χ1v) is 6.75. The monoisotopic (exact) mass is 249 g/mol. The standard InChI is InChI=1S/C16H15N3/c1-2-6-11-7-5-10-14-18-15-12-8-3-4-9-13(12)17-16(15)19(11)14/h3-5,7-10,17H,2,6H2,1H3. The summed E-state index contributed by atoms with van der Waals surface area (Å²) in [7, 11) is 0. The number of nitrogens with zero attached hydrogens (tertiary/aromatic N) is 2. The van der Waals surface area contributed by atoms with Crippen LogP contribution >= 0.6 is 0 Å². The fourth-order valence-electron chi connectivity index (χ4n) is 2.84. The zero-order chi connectivity index (χ0) is 12.8. The van der Waals surface area contributed by atoms with Gasteiger partial charge in [-0.05, 0) is 24.6 Å². The third kappa shape index (κ3) is 1.41. The molecular formula is C16H15N3. The highest BCUT2D eigenvalue weighted by atomic mass is 15.1. The summed E-state index contributed by atoms with van der Waals surface area (Å²) in [6, 6.07) is 14.7. The van der Waals surface area contributed by atoms with Crippen molar-refractivity contribution in [1.82, 2.24) is 14.4 Å². The van der Waals surface area contributed by atoms with Gasteiger partial charge in [0.25, 0.3) is 0 Å². The highest BCUT2D eigenvalue weighted by molar-refractivity contribution is 6.05. The Bertz CT molecular complexity index is 883. The molecule has 3 nitrogen and oxygen atoms in total. The SMILES string of the molecule is CCCc1cccc2nc3c4ccccc4[nH]c3n12. The number of benzene rings is 1. The summed E-state index contributed by atoms with van der Waals surface area (Å²) >= 11 is 0. The van der Waals surface area contributed by atoms with Gasteiger partial charge in [0.05, 0.1) is 0 Å². The van der Waals surface area contributed by atoms with Crippen LogP contribution in [0.4, 0.5) is 0 Å². The number of rotatable bonds is 2. The van der Waals surface area contributed by atoms with Gasteiger partial charge in [0.2, 0.25) is 0 Å². The topological polar surface area (TPSA) is 33.1 Å². The van der Waals surface area contributed by atoms with Crippen LogP contribution in [0.5, 0.6) is 0 Å². The number of aromatic nitrogens is 3. The minimum absolute atomic E-state index is 1.03. The van der Waals surface area contributed by atoms with Crippen molar-refractivity contribution in [2.45, 2.75) is 19.8 Å². The van der Waals surface area contributed by atoms with E-state index in [2.05, 4.69) is 58.8 Å². The highest BCUT2D eigenvalue weighted by Gasteiger charge is 2.12. The van der Waals surface area contributed by atoms with Crippen molar-refractivity contribution < 1.29 is 0 Å². The summed E-state index contributed by atoms with van der Waals surface area (Å²) in [5, 5.41) is 1.20. The van der Waals surface area contributed by atoms with Gasteiger partial charge in [-0.3, -0.25) is 4.40 Å². The summed E-state index contributed by atoms with van der Waals surface area (Å²) in [5.41, 5.74) is 5.67. The van der Waals surface area contributed by atoms with Crippen LogP contribution in [0.25, 0.3) is 27.7 Å². The van der Waals surface area contributed by atoms with E-state index in [-0.39, 0.29) is 0 Å². The number of hydrogen-bond acceptors (Lipinski definition) is 1. The van der Waals surface area contributed by atoms with Gasteiger partial charge in [-0.15, -0.1) is 0 Å². The van der Waals surface area contributed by atoms with E-state index in [0.29, 0.717) is 0 Å².